The second-order valence-electron chi connectivity index (χ2n) is 4.54. The fourth-order valence-corrected chi connectivity index (χ4v) is 1.65. The van der Waals surface area contributed by atoms with Gasteiger partial charge in [0.1, 0.15) is 5.40 Å². The first-order valence-corrected chi connectivity index (χ1v) is 5.65. The minimum atomic E-state index is -3.13. The van der Waals surface area contributed by atoms with Crippen LogP contribution in [0.15, 0.2) is 24.3 Å². The molecule has 0 saturated carbocycles. The fourth-order valence-electron chi connectivity index (χ4n) is 1.28. The minimum absolute atomic E-state index is 0.0278. The molecular weight excluding hydrogens is 228 g/mol. The van der Waals surface area contributed by atoms with Crippen molar-refractivity contribution in [3.63, 3.8) is 0 Å². The average Bonchev–Trinajstić information content (AvgIpc) is 2.16. The Hall–Kier alpha value is -1.08. The Kier molecular flexibility index (Phi) is 3.59. The highest BCUT2D eigenvalue weighted by Crippen LogP contribution is 2.39. The molecule has 1 aromatic carbocycles. The predicted molar refractivity (Wildman–Crippen MR) is 62.2 cm³/mol. The van der Waals surface area contributed by atoms with Crippen LogP contribution in [0, 0.1) is 10.7 Å². The first-order chi connectivity index (χ1) is 7.27. The van der Waals surface area contributed by atoms with Crippen molar-refractivity contribution in [1.82, 2.24) is 0 Å². The Morgan fingerprint density at radius 2 is 1.50 bits per heavy atom. The van der Waals surface area contributed by atoms with Crippen LogP contribution >= 0.6 is 11.8 Å². The fraction of sp³-hybridized carbons (Fsp3) is 0.417. The summed E-state index contributed by atoms with van der Waals surface area (Å²) in [5.74, 6) is 0. The van der Waals surface area contributed by atoms with Gasteiger partial charge in [0, 0.05) is 17.3 Å². The van der Waals surface area contributed by atoms with E-state index in [9.17, 15) is 8.78 Å². The van der Waals surface area contributed by atoms with Gasteiger partial charge in [0.2, 0.25) is 0 Å². The smallest absolute Gasteiger partial charge is 0.187 e. The molecular formula is C12H13F2NS. The highest BCUT2D eigenvalue weighted by Gasteiger charge is 2.32. The monoisotopic (exact) mass is 241 g/mol. The van der Waals surface area contributed by atoms with Gasteiger partial charge in [-0.2, -0.15) is 14.0 Å². The average molecular weight is 241 g/mol. The molecule has 1 aromatic rings. The van der Waals surface area contributed by atoms with Crippen LogP contribution in [-0.2, 0) is 10.7 Å². The molecule has 0 amide bonds. The maximum atomic E-state index is 13.3. The predicted octanol–water partition coefficient (Wildman–Crippen LogP) is 4.25. The zero-order chi connectivity index (χ0) is 12.4. The maximum Gasteiger partial charge on any atom is 0.332 e. The van der Waals surface area contributed by atoms with Crippen LogP contribution in [0.5, 0.6) is 0 Å². The third-order valence-corrected chi connectivity index (χ3v) is 2.84. The number of thioether (sulfide) groups is 1. The van der Waals surface area contributed by atoms with E-state index in [1.54, 1.807) is 12.1 Å². The molecule has 0 aliphatic carbocycles. The number of hydrogen-bond acceptors (Lipinski definition) is 2. The molecule has 0 aliphatic rings. The second-order valence-corrected chi connectivity index (χ2v) is 5.44. The van der Waals surface area contributed by atoms with Gasteiger partial charge in [0.05, 0.1) is 0 Å². The molecule has 86 valence electrons. The summed E-state index contributed by atoms with van der Waals surface area (Å²) in [6.45, 7) is 6.05. The lowest BCUT2D eigenvalue weighted by atomic mass is 9.87. The van der Waals surface area contributed by atoms with Crippen molar-refractivity contribution in [3.05, 3.63) is 35.4 Å². The molecule has 0 atom stereocenters. The van der Waals surface area contributed by atoms with Gasteiger partial charge in [-0.25, -0.2) is 0 Å². The molecule has 0 unspecified atom stereocenters. The largest absolute Gasteiger partial charge is 0.332 e. The Labute approximate surface area is 98.5 Å². The number of nitrogens with zero attached hydrogens (tertiary/aromatic N) is 1. The van der Waals surface area contributed by atoms with Gasteiger partial charge >= 0.3 is 5.25 Å². The molecule has 0 bridgehead atoms. The summed E-state index contributed by atoms with van der Waals surface area (Å²) in [6.07, 6.45) is 0. The normalized spacial score (nSPS) is 12.2. The van der Waals surface area contributed by atoms with Crippen molar-refractivity contribution in [2.45, 2.75) is 31.4 Å². The van der Waals surface area contributed by atoms with Crippen molar-refractivity contribution in [1.29, 1.82) is 5.26 Å². The number of rotatable bonds is 2. The third-order valence-electron chi connectivity index (χ3n) is 2.26. The molecule has 0 saturated heterocycles. The molecule has 0 spiro atoms. The lowest BCUT2D eigenvalue weighted by Gasteiger charge is -2.20. The minimum Gasteiger partial charge on any atom is -0.187 e. The topological polar surface area (TPSA) is 23.8 Å². The van der Waals surface area contributed by atoms with Gasteiger partial charge < -0.3 is 0 Å². The third kappa shape index (κ3) is 2.96. The summed E-state index contributed by atoms with van der Waals surface area (Å²) >= 11 is -0.0278. The van der Waals surface area contributed by atoms with Gasteiger partial charge in [0.25, 0.3) is 0 Å². The van der Waals surface area contributed by atoms with Crippen molar-refractivity contribution in [3.8, 4) is 5.40 Å². The summed E-state index contributed by atoms with van der Waals surface area (Å²) in [7, 11) is 0. The Bertz CT molecular complexity index is 399. The molecule has 0 radical (unpaired) electrons. The standard InChI is InChI=1S/C12H13F2NS/c1-11(2,3)9-4-6-10(7-5-9)12(13,14)16-8-15/h4-7H,1-3H3. The van der Waals surface area contributed by atoms with E-state index in [1.807, 2.05) is 20.8 Å². The van der Waals surface area contributed by atoms with Gasteiger partial charge in [-0.05, 0) is 11.0 Å². The molecule has 0 aliphatic heterocycles. The van der Waals surface area contributed by atoms with Crippen LogP contribution in [-0.4, -0.2) is 0 Å². The van der Waals surface area contributed by atoms with Crippen molar-refractivity contribution in [2.24, 2.45) is 0 Å². The van der Waals surface area contributed by atoms with E-state index in [4.69, 9.17) is 5.26 Å². The lowest BCUT2D eigenvalue weighted by molar-refractivity contribution is 0.106. The molecule has 1 nitrogen and oxygen atoms in total. The number of hydrogen-bond donors (Lipinski definition) is 0. The zero-order valence-corrected chi connectivity index (χ0v) is 10.2. The number of nitriles is 1. The van der Waals surface area contributed by atoms with E-state index in [-0.39, 0.29) is 22.7 Å². The first kappa shape index (κ1) is 13.0. The highest BCUT2D eigenvalue weighted by atomic mass is 32.2. The van der Waals surface area contributed by atoms with Crippen LogP contribution < -0.4 is 0 Å². The SMILES string of the molecule is CC(C)(C)c1ccc(C(F)(F)SC#N)cc1. The quantitative estimate of drug-likeness (QED) is 0.723. The van der Waals surface area contributed by atoms with E-state index in [0.717, 1.165) is 5.56 Å². The summed E-state index contributed by atoms with van der Waals surface area (Å²) in [4.78, 5) is 0. The summed E-state index contributed by atoms with van der Waals surface area (Å²) in [5.41, 5.74) is 0.803. The van der Waals surface area contributed by atoms with Crippen LogP contribution in [0.3, 0.4) is 0 Å². The van der Waals surface area contributed by atoms with Crippen molar-refractivity contribution >= 4 is 11.8 Å². The zero-order valence-electron chi connectivity index (χ0n) is 9.42. The van der Waals surface area contributed by atoms with Crippen LogP contribution in [0.1, 0.15) is 31.9 Å². The summed E-state index contributed by atoms with van der Waals surface area (Å²) in [6, 6.07) is 6.12. The van der Waals surface area contributed by atoms with Crippen molar-refractivity contribution < 1.29 is 8.78 Å². The Morgan fingerprint density at radius 3 is 1.88 bits per heavy atom. The first-order valence-electron chi connectivity index (χ1n) is 4.83. The molecule has 4 heteroatoms. The van der Waals surface area contributed by atoms with Crippen LogP contribution in [0.25, 0.3) is 0 Å². The van der Waals surface area contributed by atoms with E-state index in [2.05, 4.69) is 0 Å². The van der Waals surface area contributed by atoms with Gasteiger partial charge in [0.15, 0.2) is 0 Å². The van der Waals surface area contributed by atoms with Crippen molar-refractivity contribution in [2.75, 3.05) is 0 Å². The van der Waals surface area contributed by atoms with E-state index >= 15 is 0 Å². The second kappa shape index (κ2) is 4.42. The molecule has 0 N–H and O–H groups in total. The number of thiocyanates is 1. The van der Waals surface area contributed by atoms with E-state index in [0.29, 0.717) is 0 Å². The Morgan fingerprint density at radius 1 is 1.06 bits per heavy atom. The maximum absolute atomic E-state index is 13.3. The van der Waals surface area contributed by atoms with Gasteiger partial charge in [-0.1, -0.05) is 45.0 Å². The molecule has 0 heterocycles. The highest BCUT2D eigenvalue weighted by molar-refractivity contribution is 8.04. The lowest BCUT2D eigenvalue weighted by Crippen LogP contribution is -2.12. The van der Waals surface area contributed by atoms with Crippen LogP contribution in [0.2, 0.25) is 0 Å². The van der Waals surface area contributed by atoms with Gasteiger partial charge in [-0.3, -0.25) is 0 Å². The summed E-state index contributed by atoms with van der Waals surface area (Å²) < 4.78 is 26.7. The summed E-state index contributed by atoms with van der Waals surface area (Å²) in [5, 5.41) is 6.56. The van der Waals surface area contributed by atoms with Gasteiger partial charge in [-0.15, -0.1) is 0 Å². The number of benzene rings is 1. The van der Waals surface area contributed by atoms with E-state index < -0.39 is 5.25 Å². The molecule has 0 fully saturated rings. The molecule has 0 aromatic heterocycles. The molecule has 1 rings (SSSR count). The number of alkyl halides is 2. The molecule has 16 heavy (non-hydrogen) atoms. The number of halogens is 2. The van der Waals surface area contributed by atoms with E-state index in [1.165, 1.54) is 17.5 Å². The Balaban J connectivity index is 3.01. The van der Waals surface area contributed by atoms with Crippen LogP contribution in [0.4, 0.5) is 8.78 Å².